The molecule has 0 aliphatic heterocycles. The minimum Gasteiger partial charge on any atom is -0.496 e. The number of nitrogens with two attached hydrogens (primary N) is 1. The summed E-state index contributed by atoms with van der Waals surface area (Å²) in [6.45, 7) is 4.20. The zero-order valence-electron chi connectivity index (χ0n) is 8.80. The van der Waals surface area contributed by atoms with Crippen LogP contribution in [0.5, 0.6) is 5.75 Å². The first-order valence-electron chi connectivity index (χ1n) is 4.64. The number of hydrogen-bond donors (Lipinski definition) is 1. The Labute approximate surface area is 83.9 Å². The van der Waals surface area contributed by atoms with Crippen LogP contribution in [0.2, 0.25) is 0 Å². The van der Waals surface area contributed by atoms with Crippen molar-refractivity contribution in [1.82, 2.24) is 0 Å². The molecule has 0 amide bonds. The quantitative estimate of drug-likeness (QED) is 0.806. The summed E-state index contributed by atoms with van der Waals surface area (Å²) in [6, 6.07) is 3.06. The summed E-state index contributed by atoms with van der Waals surface area (Å²) in [5.41, 5.74) is 7.07. The summed E-state index contributed by atoms with van der Waals surface area (Å²) in [7, 11) is 1.58. The van der Waals surface area contributed by atoms with Crippen molar-refractivity contribution in [3.63, 3.8) is 0 Å². The molecule has 0 bridgehead atoms. The van der Waals surface area contributed by atoms with E-state index in [1.807, 2.05) is 6.92 Å². The summed E-state index contributed by atoms with van der Waals surface area (Å²) in [5, 5.41) is 0. The summed E-state index contributed by atoms with van der Waals surface area (Å²) in [6.07, 6.45) is 0. The van der Waals surface area contributed by atoms with E-state index in [2.05, 4.69) is 0 Å². The number of hydrogen-bond acceptors (Lipinski definition) is 2. The fourth-order valence-electron chi connectivity index (χ4n) is 1.59. The van der Waals surface area contributed by atoms with Crippen LogP contribution in [0.1, 0.15) is 24.0 Å². The first-order valence-corrected chi connectivity index (χ1v) is 4.64. The minimum absolute atomic E-state index is 0.112. The van der Waals surface area contributed by atoms with Gasteiger partial charge in [0.1, 0.15) is 11.6 Å². The second kappa shape index (κ2) is 4.42. The van der Waals surface area contributed by atoms with Crippen molar-refractivity contribution >= 4 is 0 Å². The van der Waals surface area contributed by atoms with Gasteiger partial charge in [0.25, 0.3) is 0 Å². The third kappa shape index (κ3) is 1.87. The van der Waals surface area contributed by atoms with E-state index in [0.717, 1.165) is 5.56 Å². The molecule has 0 aliphatic carbocycles. The van der Waals surface area contributed by atoms with Gasteiger partial charge in [0.05, 0.1) is 7.11 Å². The Balaban J connectivity index is 3.27. The lowest BCUT2D eigenvalue weighted by atomic mass is 9.95. The van der Waals surface area contributed by atoms with Crippen molar-refractivity contribution in [1.29, 1.82) is 0 Å². The molecule has 0 saturated heterocycles. The van der Waals surface area contributed by atoms with Gasteiger partial charge in [-0.2, -0.15) is 0 Å². The lowest BCUT2D eigenvalue weighted by Gasteiger charge is -2.17. The minimum atomic E-state index is -0.207. The molecule has 0 saturated carbocycles. The van der Waals surface area contributed by atoms with E-state index in [1.54, 1.807) is 20.1 Å². The molecule has 1 rings (SSSR count). The van der Waals surface area contributed by atoms with Crippen molar-refractivity contribution < 1.29 is 9.13 Å². The maximum atomic E-state index is 13.3. The number of methoxy groups -OCH3 is 1. The van der Waals surface area contributed by atoms with Crippen LogP contribution in [-0.2, 0) is 0 Å². The molecule has 0 spiro atoms. The second-order valence-electron chi connectivity index (χ2n) is 3.43. The molecule has 0 radical (unpaired) electrons. The van der Waals surface area contributed by atoms with E-state index >= 15 is 0 Å². The first-order chi connectivity index (χ1) is 6.61. The van der Waals surface area contributed by atoms with Gasteiger partial charge in [-0.3, -0.25) is 0 Å². The molecule has 78 valence electrons. The van der Waals surface area contributed by atoms with Gasteiger partial charge >= 0.3 is 0 Å². The highest BCUT2D eigenvalue weighted by Crippen LogP contribution is 2.30. The maximum absolute atomic E-state index is 13.3. The van der Waals surface area contributed by atoms with Crippen molar-refractivity contribution in [2.24, 2.45) is 5.73 Å². The van der Waals surface area contributed by atoms with Crippen molar-refractivity contribution in [2.45, 2.75) is 19.8 Å². The highest BCUT2D eigenvalue weighted by atomic mass is 19.1. The molecule has 1 aromatic carbocycles. The highest BCUT2D eigenvalue weighted by molar-refractivity contribution is 5.42. The molecule has 3 heteroatoms. The van der Waals surface area contributed by atoms with Gasteiger partial charge in [-0.1, -0.05) is 6.92 Å². The van der Waals surface area contributed by atoms with E-state index in [0.29, 0.717) is 17.9 Å². The Kier molecular flexibility index (Phi) is 3.47. The van der Waals surface area contributed by atoms with E-state index in [1.165, 1.54) is 6.07 Å². The van der Waals surface area contributed by atoms with Crippen LogP contribution in [0.25, 0.3) is 0 Å². The molecule has 1 atom stereocenters. The number of benzene rings is 1. The number of rotatable bonds is 3. The molecule has 0 aliphatic rings. The van der Waals surface area contributed by atoms with E-state index in [9.17, 15) is 4.39 Å². The normalized spacial score (nSPS) is 12.6. The standard InChI is InChI=1S/C11H16FNO/c1-7(6-13)11-8(2)9(12)4-5-10(11)14-3/h4-5,7H,6,13H2,1-3H3. The van der Waals surface area contributed by atoms with Gasteiger partial charge in [0.2, 0.25) is 0 Å². The van der Waals surface area contributed by atoms with Crippen LogP contribution in [0.3, 0.4) is 0 Å². The van der Waals surface area contributed by atoms with Crippen molar-refractivity contribution in [3.8, 4) is 5.75 Å². The Hall–Kier alpha value is -1.09. The molecule has 2 nitrogen and oxygen atoms in total. The van der Waals surface area contributed by atoms with Gasteiger partial charge < -0.3 is 10.5 Å². The Morgan fingerprint density at radius 1 is 1.50 bits per heavy atom. The zero-order chi connectivity index (χ0) is 10.7. The Bertz CT molecular complexity index is 325. The lowest BCUT2D eigenvalue weighted by molar-refractivity contribution is 0.404. The monoisotopic (exact) mass is 197 g/mol. The van der Waals surface area contributed by atoms with E-state index in [4.69, 9.17) is 10.5 Å². The van der Waals surface area contributed by atoms with E-state index < -0.39 is 0 Å². The van der Waals surface area contributed by atoms with Crippen molar-refractivity contribution in [2.75, 3.05) is 13.7 Å². The van der Waals surface area contributed by atoms with Crippen molar-refractivity contribution in [3.05, 3.63) is 29.1 Å². The van der Waals surface area contributed by atoms with Crippen LogP contribution in [0.15, 0.2) is 12.1 Å². The molecule has 0 aromatic heterocycles. The summed E-state index contributed by atoms with van der Waals surface area (Å²) in [5.74, 6) is 0.614. The predicted molar refractivity (Wildman–Crippen MR) is 55.2 cm³/mol. The molecular weight excluding hydrogens is 181 g/mol. The van der Waals surface area contributed by atoms with Gasteiger partial charge in [0.15, 0.2) is 0 Å². The largest absolute Gasteiger partial charge is 0.496 e. The van der Waals surface area contributed by atoms with Gasteiger partial charge in [-0.05, 0) is 37.1 Å². The predicted octanol–water partition coefficient (Wildman–Crippen LogP) is 2.20. The average Bonchev–Trinajstić information content (AvgIpc) is 2.20. The fourth-order valence-corrected chi connectivity index (χ4v) is 1.59. The second-order valence-corrected chi connectivity index (χ2v) is 3.43. The third-order valence-corrected chi connectivity index (χ3v) is 2.48. The molecule has 0 heterocycles. The van der Waals surface area contributed by atoms with Gasteiger partial charge in [0, 0.05) is 5.56 Å². The summed E-state index contributed by atoms with van der Waals surface area (Å²) < 4.78 is 18.5. The van der Waals surface area contributed by atoms with Crippen LogP contribution in [0.4, 0.5) is 4.39 Å². The lowest BCUT2D eigenvalue weighted by Crippen LogP contribution is -2.12. The van der Waals surface area contributed by atoms with Crippen LogP contribution in [-0.4, -0.2) is 13.7 Å². The third-order valence-electron chi connectivity index (χ3n) is 2.48. The molecular formula is C11H16FNO. The molecule has 14 heavy (non-hydrogen) atoms. The maximum Gasteiger partial charge on any atom is 0.126 e. The SMILES string of the molecule is COc1ccc(F)c(C)c1C(C)CN. The number of halogens is 1. The summed E-state index contributed by atoms with van der Waals surface area (Å²) >= 11 is 0. The van der Waals surface area contributed by atoms with Crippen LogP contribution < -0.4 is 10.5 Å². The number of ether oxygens (including phenoxy) is 1. The molecule has 0 fully saturated rings. The first kappa shape index (κ1) is 11.0. The molecule has 2 N–H and O–H groups in total. The summed E-state index contributed by atoms with van der Waals surface area (Å²) in [4.78, 5) is 0. The topological polar surface area (TPSA) is 35.2 Å². The fraction of sp³-hybridized carbons (Fsp3) is 0.455. The smallest absolute Gasteiger partial charge is 0.126 e. The Morgan fingerprint density at radius 2 is 2.14 bits per heavy atom. The Morgan fingerprint density at radius 3 is 2.64 bits per heavy atom. The van der Waals surface area contributed by atoms with E-state index in [-0.39, 0.29) is 11.7 Å². The van der Waals surface area contributed by atoms with Crippen LogP contribution in [0, 0.1) is 12.7 Å². The van der Waals surface area contributed by atoms with Gasteiger partial charge in [-0.25, -0.2) is 4.39 Å². The van der Waals surface area contributed by atoms with Crippen LogP contribution >= 0.6 is 0 Å². The highest BCUT2D eigenvalue weighted by Gasteiger charge is 2.15. The van der Waals surface area contributed by atoms with Gasteiger partial charge in [-0.15, -0.1) is 0 Å². The zero-order valence-corrected chi connectivity index (χ0v) is 8.80. The average molecular weight is 197 g/mol. The molecule has 1 aromatic rings. The molecule has 1 unspecified atom stereocenters.